The van der Waals surface area contributed by atoms with Gasteiger partial charge in [-0.25, -0.2) is 4.98 Å². The third-order valence-corrected chi connectivity index (χ3v) is 2.46. The van der Waals surface area contributed by atoms with Gasteiger partial charge in [0.25, 0.3) is 0 Å². The summed E-state index contributed by atoms with van der Waals surface area (Å²) < 4.78 is 7.50. The summed E-state index contributed by atoms with van der Waals surface area (Å²) in [6.45, 7) is 8.82. The summed E-state index contributed by atoms with van der Waals surface area (Å²) in [4.78, 5) is 8.76. The zero-order valence-corrected chi connectivity index (χ0v) is 10.2. The molecule has 0 amide bonds. The summed E-state index contributed by atoms with van der Waals surface area (Å²) >= 11 is 0. The number of fused-ring (bicyclic) bond motifs is 1. The molecule has 0 aliphatic rings. The SMILES string of the molecule is CCOc1nc2nc(C)cn2cc1C(C)C. The molecule has 0 fully saturated rings. The van der Waals surface area contributed by atoms with Crippen LogP contribution in [0.2, 0.25) is 0 Å². The van der Waals surface area contributed by atoms with Crippen LogP contribution in [0.5, 0.6) is 5.88 Å². The third-order valence-electron chi connectivity index (χ3n) is 2.46. The Morgan fingerprint density at radius 1 is 1.31 bits per heavy atom. The Balaban J connectivity index is 2.60. The van der Waals surface area contributed by atoms with Crippen molar-refractivity contribution in [2.45, 2.75) is 33.6 Å². The molecule has 86 valence electrons. The zero-order chi connectivity index (χ0) is 11.7. The second-order valence-electron chi connectivity index (χ2n) is 4.18. The van der Waals surface area contributed by atoms with E-state index in [0.717, 1.165) is 11.3 Å². The Labute approximate surface area is 95.3 Å². The van der Waals surface area contributed by atoms with E-state index in [9.17, 15) is 0 Å². The van der Waals surface area contributed by atoms with E-state index in [1.807, 2.05) is 24.4 Å². The molecule has 0 spiro atoms. The van der Waals surface area contributed by atoms with E-state index in [0.29, 0.717) is 24.2 Å². The molecule has 2 rings (SSSR count). The number of imidazole rings is 1. The van der Waals surface area contributed by atoms with Crippen LogP contribution in [0.1, 0.15) is 37.9 Å². The second-order valence-corrected chi connectivity index (χ2v) is 4.18. The van der Waals surface area contributed by atoms with Gasteiger partial charge in [0.2, 0.25) is 11.7 Å². The maximum absolute atomic E-state index is 5.55. The molecule has 4 nitrogen and oxygen atoms in total. The molecule has 0 aliphatic heterocycles. The van der Waals surface area contributed by atoms with Crippen LogP contribution in [0, 0.1) is 6.92 Å². The number of hydrogen-bond acceptors (Lipinski definition) is 3. The summed E-state index contributed by atoms with van der Waals surface area (Å²) in [6, 6.07) is 0. The average molecular weight is 219 g/mol. The highest BCUT2D eigenvalue weighted by atomic mass is 16.5. The van der Waals surface area contributed by atoms with Gasteiger partial charge in [0.05, 0.1) is 12.3 Å². The van der Waals surface area contributed by atoms with E-state index in [-0.39, 0.29) is 0 Å². The predicted octanol–water partition coefficient (Wildman–Crippen LogP) is 2.56. The first-order chi connectivity index (χ1) is 7.61. The van der Waals surface area contributed by atoms with Gasteiger partial charge in [-0.3, -0.25) is 4.40 Å². The van der Waals surface area contributed by atoms with Crippen molar-refractivity contribution in [3.63, 3.8) is 0 Å². The normalized spacial score (nSPS) is 11.3. The van der Waals surface area contributed by atoms with Crippen molar-refractivity contribution < 1.29 is 4.74 Å². The van der Waals surface area contributed by atoms with Gasteiger partial charge in [0.1, 0.15) is 0 Å². The lowest BCUT2D eigenvalue weighted by atomic mass is 10.1. The van der Waals surface area contributed by atoms with Gasteiger partial charge in [-0.05, 0) is 19.8 Å². The van der Waals surface area contributed by atoms with E-state index in [4.69, 9.17) is 4.74 Å². The minimum Gasteiger partial charge on any atom is -0.478 e. The van der Waals surface area contributed by atoms with Crippen molar-refractivity contribution in [3.8, 4) is 5.88 Å². The Hall–Kier alpha value is -1.58. The van der Waals surface area contributed by atoms with E-state index in [1.165, 1.54) is 0 Å². The molecule has 16 heavy (non-hydrogen) atoms. The lowest BCUT2D eigenvalue weighted by molar-refractivity contribution is 0.321. The maximum atomic E-state index is 5.55. The highest BCUT2D eigenvalue weighted by Gasteiger charge is 2.12. The molecule has 0 unspecified atom stereocenters. The van der Waals surface area contributed by atoms with Crippen molar-refractivity contribution in [1.82, 2.24) is 14.4 Å². The fourth-order valence-electron chi connectivity index (χ4n) is 1.69. The molecule has 0 atom stereocenters. The van der Waals surface area contributed by atoms with Gasteiger partial charge in [-0.2, -0.15) is 4.98 Å². The minimum atomic E-state index is 0.390. The highest BCUT2D eigenvalue weighted by Crippen LogP contribution is 2.24. The van der Waals surface area contributed by atoms with Crippen molar-refractivity contribution in [2.75, 3.05) is 6.61 Å². The number of ether oxygens (including phenoxy) is 1. The van der Waals surface area contributed by atoms with Crippen LogP contribution in [0.15, 0.2) is 12.4 Å². The third kappa shape index (κ3) is 1.87. The quantitative estimate of drug-likeness (QED) is 0.796. The van der Waals surface area contributed by atoms with E-state index in [1.54, 1.807) is 0 Å². The van der Waals surface area contributed by atoms with Crippen LogP contribution in [0.4, 0.5) is 0 Å². The second kappa shape index (κ2) is 4.12. The predicted molar refractivity (Wildman–Crippen MR) is 63.0 cm³/mol. The van der Waals surface area contributed by atoms with Crippen LogP contribution >= 0.6 is 0 Å². The molecule has 0 aliphatic carbocycles. The lowest BCUT2D eigenvalue weighted by Gasteiger charge is -2.11. The molecule has 0 N–H and O–H groups in total. The summed E-state index contributed by atoms with van der Waals surface area (Å²) in [5.74, 6) is 1.79. The maximum Gasteiger partial charge on any atom is 0.237 e. The lowest BCUT2D eigenvalue weighted by Crippen LogP contribution is -2.03. The Bertz CT molecular complexity index is 502. The molecular weight excluding hydrogens is 202 g/mol. The number of aryl methyl sites for hydroxylation is 1. The summed E-state index contributed by atoms with van der Waals surface area (Å²) in [5, 5.41) is 0. The molecule has 2 heterocycles. The molecule has 4 heteroatoms. The molecule has 2 aromatic rings. The van der Waals surface area contributed by atoms with Crippen LogP contribution < -0.4 is 4.74 Å². The van der Waals surface area contributed by atoms with Gasteiger partial charge < -0.3 is 4.74 Å². The van der Waals surface area contributed by atoms with Crippen molar-refractivity contribution in [3.05, 3.63) is 23.7 Å². The van der Waals surface area contributed by atoms with Gasteiger partial charge in [-0.1, -0.05) is 13.8 Å². The fourth-order valence-corrected chi connectivity index (χ4v) is 1.69. The number of rotatable bonds is 3. The monoisotopic (exact) mass is 219 g/mol. The topological polar surface area (TPSA) is 39.4 Å². The van der Waals surface area contributed by atoms with Gasteiger partial charge in [-0.15, -0.1) is 0 Å². The smallest absolute Gasteiger partial charge is 0.237 e. The summed E-state index contributed by atoms with van der Waals surface area (Å²) in [5.41, 5.74) is 2.09. The molecule has 0 aromatic carbocycles. The first kappa shape index (κ1) is 10.9. The minimum absolute atomic E-state index is 0.390. The van der Waals surface area contributed by atoms with Crippen LogP contribution in [-0.4, -0.2) is 21.0 Å². The van der Waals surface area contributed by atoms with Crippen LogP contribution in [-0.2, 0) is 0 Å². The van der Waals surface area contributed by atoms with Crippen LogP contribution in [0.25, 0.3) is 5.78 Å². The zero-order valence-electron chi connectivity index (χ0n) is 10.2. The van der Waals surface area contributed by atoms with Crippen molar-refractivity contribution >= 4 is 5.78 Å². The van der Waals surface area contributed by atoms with E-state index in [2.05, 4.69) is 30.0 Å². The average Bonchev–Trinajstić information content (AvgIpc) is 2.56. The first-order valence-corrected chi connectivity index (χ1v) is 5.61. The molecule has 2 aromatic heterocycles. The van der Waals surface area contributed by atoms with Crippen molar-refractivity contribution in [2.24, 2.45) is 0 Å². The van der Waals surface area contributed by atoms with Crippen LogP contribution in [0.3, 0.4) is 0 Å². The van der Waals surface area contributed by atoms with Gasteiger partial charge in [0.15, 0.2) is 0 Å². The molecular formula is C12H17N3O. The van der Waals surface area contributed by atoms with Gasteiger partial charge >= 0.3 is 0 Å². The highest BCUT2D eigenvalue weighted by molar-refractivity contribution is 5.39. The number of aromatic nitrogens is 3. The van der Waals surface area contributed by atoms with E-state index >= 15 is 0 Å². The number of hydrogen-bond donors (Lipinski definition) is 0. The van der Waals surface area contributed by atoms with E-state index < -0.39 is 0 Å². The Morgan fingerprint density at radius 2 is 2.06 bits per heavy atom. The Morgan fingerprint density at radius 3 is 2.69 bits per heavy atom. The van der Waals surface area contributed by atoms with Gasteiger partial charge in [0, 0.05) is 18.0 Å². The first-order valence-electron chi connectivity index (χ1n) is 5.61. The summed E-state index contributed by atoms with van der Waals surface area (Å²) in [6.07, 6.45) is 4.03. The van der Waals surface area contributed by atoms with Crippen molar-refractivity contribution in [1.29, 1.82) is 0 Å². The Kier molecular flexibility index (Phi) is 2.81. The molecule has 0 bridgehead atoms. The molecule has 0 saturated carbocycles. The molecule has 0 radical (unpaired) electrons. The fraction of sp³-hybridized carbons (Fsp3) is 0.500. The number of nitrogens with zero attached hydrogens (tertiary/aromatic N) is 3. The standard InChI is InChI=1S/C12H17N3O/c1-5-16-11-10(8(2)3)7-15-6-9(4)13-12(15)14-11/h6-8H,5H2,1-4H3. The molecule has 0 saturated heterocycles. The largest absolute Gasteiger partial charge is 0.478 e. The summed E-state index contributed by atoms with van der Waals surface area (Å²) in [7, 11) is 0.